The number of hydrogen-bond acceptors (Lipinski definition) is 8. The van der Waals surface area contributed by atoms with E-state index in [4.69, 9.17) is 0 Å². The van der Waals surface area contributed by atoms with Crippen LogP contribution in [0.5, 0.6) is 0 Å². The van der Waals surface area contributed by atoms with Crippen molar-refractivity contribution in [2.45, 2.75) is 43.1 Å². The van der Waals surface area contributed by atoms with Gasteiger partial charge in [-0.1, -0.05) is 0 Å². The molecule has 2 aliphatic heterocycles. The average Bonchev–Trinajstić information content (AvgIpc) is 3.39. The van der Waals surface area contributed by atoms with Crippen LogP contribution in [0.15, 0.2) is 59.6 Å². The van der Waals surface area contributed by atoms with E-state index in [0.29, 0.717) is 61.2 Å². The molecule has 3 aromatic rings. The summed E-state index contributed by atoms with van der Waals surface area (Å²) in [6, 6.07) is 12.9. The normalized spacial score (nSPS) is 18.4. The first-order chi connectivity index (χ1) is 18.2. The number of aryl methyl sites for hydroxylation is 1. The molecule has 11 heteroatoms. The second kappa shape index (κ2) is 10.9. The largest absolute Gasteiger partial charge is 0.388 e. The molecule has 202 valence electrons. The first kappa shape index (κ1) is 26.5. The van der Waals surface area contributed by atoms with Crippen LogP contribution >= 0.6 is 0 Å². The molecule has 0 saturated carbocycles. The average molecular weight is 541 g/mol. The summed E-state index contributed by atoms with van der Waals surface area (Å²) < 4.78 is 41.5. The zero-order chi connectivity index (χ0) is 26.8. The van der Waals surface area contributed by atoms with Crippen LogP contribution in [0.3, 0.4) is 0 Å². The van der Waals surface area contributed by atoms with Gasteiger partial charge in [0.1, 0.15) is 11.6 Å². The van der Waals surface area contributed by atoms with E-state index >= 15 is 0 Å². The van der Waals surface area contributed by atoms with Crippen molar-refractivity contribution < 1.29 is 17.9 Å². The van der Waals surface area contributed by atoms with Crippen molar-refractivity contribution in [1.29, 1.82) is 0 Å². The Bertz CT molecular complexity index is 1370. The zero-order valence-corrected chi connectivity index (χ0v) is 22.2. The Labute approximate surface area is 222 Å². The number of aliphatic hydroxyl groups is 1. The second-order valence-corrected chi connectivity index (χ2v) is 12.1. The smallest absolute Gasteiger partial charge is 0.243 e. The summed E-state index contributed by atoms with van der Waals surface area (Å²) in [6.07, 6.45) is 4.77. The van der Waals surface area contributed by atoms with Crippen LogP contribution in [0.2, 0.25) is 0 Å². The highest BCUT2D eigenvalue weighted by Gasteiger charge is 2.38. The topological polar surface area (TPSA) is 111 Å². The number of halogens is 1. The number of nitrogens with one attached hydrogen (secondary N) is 2. The molecule has 38 heavy (non-hydrogen) atoms. The van der Waals surface area contributed by atoms with Gasteiger partial charge < -0.3 is 20.6 Å². The molecule has 0 spiro atoms. The lowest BCUT2D eigenvalue weighted by Crippen LogP contribution is -2.51. The summed E-state index contributed by atoms with van der Waals surface area (Å²) in [5, 5.41) is 17.2. The Balaban J connectivity index is 1.20. The summed E-state index contributed by atoms with van der Waals surface area (Å²) in [5.41, 5.74) is 1.04. The molecule has 3 N–H and O–H groups in total. The summed E-state index contributed by atoms with van der Waals surface area (Å²) in [7, 11) is -3.66. The lowest BCUT2D eigenvalue weighted by atomic mass is 9.92. The molecule has 0 atom stereocenters. The number of β-amino-alcohol motifs (C(OH)–C–C–N with tert-alkyl or cyclic N) is 1. The van der Waals surface area contributed by atoms with E-state index in [2.05, 4.69) is 25.5 Å². The van der Waals surface area contributed by atoms with E-state index in [-0.39, 0.29) is 10.7 Å². The van der Waals surface area contributed by atoms with E-state index in [1.165, 1.54) is 10.4 Å². The van der Waals surface area contributed by atoms with Crippen LogP contribution in [0.4, 0.5) is 27.5 Å². The molecular formula is C27H33FN6O3S. The van der Waals surface area contributed by atoms with Crippen molar-refractivity contribution in [3.8, 4) is 0 Å². The van der Waals surface area contributed by atoms with Crippen molar-refractivity contribution in [2.24, 2.45) is 0 Å². The molecule has 1 aromatic heterocycles. The molecule has 2 aromatic carbocycles. The van der Waals surface area contributed by atoms with E-state index in [0.717, 1.165) is 25.9 Å². The summed E-state index contributed by atoms with van der Waals surface area (Å²) in [5.74, 6) is 0.589. The Hall–Kier alpha value is -3.12. The lowest BCUT2D eigenvalue weighted by Gasteiger charge is -2.39. The van der Waals surface area contributed by atoms with Crippen molar-refractivity contribution >= 4 is 33.2 Å². The molecular weight excluding hydrogens is 507 g/mol. The predicted octanol–water partition coefficient (Wildman–Crippen LogP) is 4.02. The van der Waals surface area contributed by atoms with Gasteiger partial charge in [-0.25, -0.2) is 17.8 Å². The molecule has 0 radical (unpaired) electrons. The molecule has 2 aliphatic rings. The van der Waals surface area contributed by atoms with Gasteiger partial charge in [0, 0.05) is 37.2 Å². The van der Waals surface area contributed by atoms with Gasteiger partial charge >= 0.3 is 0 Å². The second-order valence-electron chi connectivity index (χ2n) is 10.1. The third-order valence-electron chi connectivity index (χ3n) is 7.20. The minimum absolute atomic E-state index is 0.205. The van der Waals surface area contributed by atoms with Crippen LogP contribution in [-0.4, -0.2) is 71.0 Å². The monoisotopic (exact) mass is 540 g/mol. The highest BCUT2D eigenvalue weighted by atomic mass is 32.2. The highest BCUT2D eigenvalue weighted by molar-refractivity contribution is 7.89. The summed E-state index contributed by atoms with van der Waals surface area (Å²) in [6.45, 7) is 4.92. The predicted molar refractivity (Wildman–Crippen MR) is 145 cm³/mol. The van der Waals surface area contributed by atoms with E-state index in [1.54, 1.807) is 55.6 Å². The van der Waals surface area contributed by atoms with Gasteiger partial charge in [-0.15, -0.1) is 0 Å². The van der Waals surface area contributed by atoms with Crippen LogP contribution in [0.25, 0.3) is 0 Å². The fourth-order valence-electron chi connectivity index (χ4n) is 5.01. The molecule has 2 saturated heterocycles. The lowest BCUT2D eigenvalue weighted by molar-refractivity contribution is -0.0284. The van der Waals surface area contributed by atoms with Gasteiger partial charge in [0.05, 0.1) is 10.5 Å². The van der Waals surface area contributed by atoms with Crippen LogP contribution < -0.4 is 10.6 Å². The maximum Gasteiger partial charge on any atom is 0.243 e. The Morgan fingerprint density at radius 1 is 0.974 bits per heavy atom. The van der Waals surface area contributed by atoms with Crippen molar-refractivity contribution in [1.82, 2.24) is 19.2 Å². The molecule has 9 nitrogen and oxygen atoms in total. The van der Waals surface area contributed by atoms with Gasteiger partial charge in [0.15, 0.2) is 0 Å². The first-order valence-electron chi connectivity index (χ1n) is 12.9. The first-order valence-corrected chi connectivity index (χ1v) is 14.3. The summed E-state index contributed by atoms with van der Waals surface area (Å²) >= 11 is 0. The quantitative estimate of drug-likeness (QED) is 0.393. The number of likely N-dealkylation sites (tertiary alicyclic amines) is 1. The molecule has 0 aliphatic carbocycles. The fourth-order valence-corrected chi connectivity index (χ4v) is 6.45. The number of hydrogen-bond donors (Lipinski definition) is 3. The number of aromatic nitrogens is 2. The van der Waals surface area contributed by atoms with Crippen molar-refractivity contribution in [3.63, 3.8) is 0 Å². The minimum atomic E-state index is -3.66. The third-order valence-corrected chi connectivity index (χ3v) is 9.12. The number of sulfonamides is 1. The Morgan fingerprint density at radius 2 is 1.66 bits per heavy atom. The van der Waals surface area contributed by atoms with Gasteiger partial charge in [0.25, 0.3) is 0 Å². The Kier molecular flexibility index (Phi) is 7.62. The number of anilines is 4. The van der Waals surface area contributed by atoms with Crippen LogP contribution in [0.1, 0.15) is 31.2 Å². The standard InChI is InChI=1S/C27H33FN6O3S/c1-20-18-22(6-9-24(20)28)30-25-10-13-29-26(32-25)31-21-4-7-23(8-5-21)38(36,37)34-16-11-27(35,12-17-34)19-33-14-2-3-15-33/h4-10,13,18,35H,2-3,11-12,14-17,19H2,1H3,(H2,29,30,31,32). The number of benzene rings is 2. The fraction of sp³-hybridized carbons (Fsp3) is 0.407. The maximum absolute atomic E-state index is 13.5. The zero-order valence-electron chi connectivity index (χ0n) is 21.4. The van der Waals surface area contributed by atoms with E-state index in [1.807, 2.05) is 0 Å². The highest BCUT2D eigenvalue weighted by Crippen LogP contribution is 2.29. The van der Waals surface area contributed by atoms with Crippen molar-refractivity contribution in [2.75, 3.05) is 43.4 Å². The third kappa shape index (κ3) is 6.12. The minimum Gasteiger partial charge on any atom is -0.388 e. The molecule has 3 heterocycles. The molecule has 0 bridgehead atoms. The number of rotatable bonds is 8. The van der Waals surface area contributed by atoms with Crippen molar-refractivity contribution in [3.05, 3.63) is 66.1 Å². The Morgan fingerprint density at radius 3 is 2.34 bits per heavy atom. The molecule has 0 amide bonds. The number of piperidine rings is 1. The van der Waals surface area contributed by atoms with E-state index < -0.39 is 15.6 Å². The van der Waals surface area contributed by atoms with E-state index in [9.17, 15) is 17.9 Å². The SMILES string of the molecule is Cc1cc(Nc2ccnc(Nc3ccc(S(=O)(=O)N4CCC(O)(CN5CCCC5)CC4)cc3)n2)ccc1F. The number of nitrogens with zero attached hydrogens (tertiary/aromatic N) is 4. The molecule has 0 unspecified atom stereocenters. The van der Waals surface area contributed by atoms with Crippen LogP contribution in [-0.2, 0) is 10.0 Å². The van der Waals surface area contributed by atoms with Gasteiger partial charge in [0.2, 0.25) is 16.0 Å². The molecule has 5 rings (SSSR count). The van der Waals surface area contributed by atoms with Gasteiger partial charge in [-0.3, -0.25) is 0 Å². The maximum atomic E-state index is 13.5. The van der Waals surface area contributed by atoms with Crippen LogP contribution in [0, 0.1) is 12.7 Å². The molecule has 2 fully saturated rings. The van der Waals surface area contributed by atoms with Gasteiger partial charge in [-0.2, -0.15) is 9.29 Å². The summed E-state index contributed by atoms with van der Waals surface area (Å²) in [4.78, 5) is 11.1. The van der Waals surface area contributed by atoms with Gasteiger partial charge in [-0.05, 0) is 99.8 Å².